The zero-order valence-corrected chi connectivity index (χ0v) is 7.97. The number of hydrogen-bond acceptors (Lipinski definition) is 4. The highest BCUT2D eigenvalue weighted by Crippen LogP contribution is 2.32. The van der Waals surface area contributed by atoms with Gasteiger partial charge in [-0.1, -0.05) is 0 Å². The fraction of sp³-hybridized carbons (Fsp3) is 0.625. The molecule has 0 radical (unpaired) electrons. The number of hydrogen-bond donors (Lipinski definition) is 1. The van der Waals surface area contributed by atoms with E-state index in [4.69, 9.17) is 5.73 Å². The Morgan fingerprint density at radius 1 is 1.75 bits per heavy atom. The lowest BCUT2D eigenvalue weighted by Gasteiger charge is -2.13. The molecular formula is C8H13N3S. The summed E-state index contributed by atoms with van der Waals surface area (Å²) in [7, 11) is 2.11. The number of rotatable bonds is 3. The molecule has 2 rings (SSSR count). The highest BCUT2D eigenvalue weighted by atomic mass is 32.1. The third-order valence-corrected chi connectivity index (χ3v) is 3.25. The van der Waals surface area contributed by atoms with Gasteiger partial charge in [-0.2, -0.15) is 0 Å². The van der Waals surface area contributed by atoms with Crippen LogP contribution < -0.4 is 10.6 Å². The number of thiazole rings is 1. The van der Waals surface area contributed by atoms with Crippen LogP contribution in [-0.2, 0) is 6.54 Å². The first kappa shape index (κ1) is 8.01. The number of anilines is 1. The Balaban J connectivity index is 2.10. The zero-order valence-electron chi connectivity index (χ0n) is 7.16. The summed E-state index contributed by atoms with van der Waals surface area (Å²) in [6.45, 7) is 0.607. The van der Waals surface area contributed by atoms with E-state index in [1.54, 1.807) is 11.3 Å². The minimum Gasteiger partial charge on any atom is -0.348 e. The Morgan fingerprint density at radius 2 is 2.50 bits per heavy atom. The third kappa shape index (κ3) is 1.44. The van der Waals surface area contributed by atoms with E-state index in [0.717, 1.165) is 16.1 Å². The fourth-order valence-electron chi connectivity index (χ4n) is 1.17. The van der Waals surface area contributed by atoms with Crippen molar-refractivity contribution in [3.63, 3.8) is 0 Å². The van der Waals surface area contributed by atoms with E-state index in [1.165, 1.54) is 12.8 Å². The summed E-state index contributed by atoms with van der Waals surface area (Å²) < 4.78 is 0. The molecule has 2 N–H and O–H groups in total. The van der Waals surface area contributed by atoms with Crippen LogP contribution in [0.4, 0.5) is 5.13 Å². The number of nitrogens with two attached hydrogens (primary N) is 1. The maximum absolute atomic E-state index is 5.51. The topological polar surface area (TPSA) is 42.2 Å². The van der Waals surface area contributed by atoms with Gasteiger partial charge in [0.2, 0.25) is 0 Å². The van der Waals surface area contributed by atoms with Crippen molar-refractivity contribution < 1.29 is 0 Å². The monoisotopic (exact) mass is 183 g/mol. The molecule has 66 valence electrons. The van der Waals surface area contributed by atoms with E-state index < -0.39 is 0 Å². The van der Waals surface area contributed by atoms with Gasteiger partial charge in [0, 0.05) is 30.7 Å². The largest absolute Gasteiger partial charge is 0.348 e. The van der Waals surface area contributed by atoms with Gasteiger partial charge in [-0.3, -0.25) is 0 Å². The summed E-state index contributed by atoms with van der Waals surface area (Å²) in [5.74, 6) is 0. The first-order chi connectivity index (χ1) is 5.81. The van der Waals surface area contributed by atoms with Gasteiger partial charge in [-0.15, -0.1) is 11.3 Å². The van der Waals surface area contributed by atoms with Crippen molar-refractivity contribution >= 4 is 16.5 Å². The van der Waals surface area contributed by atoms with Gasteiger partial charge in [0.15, 0.2) is 5.13 Å². The summed E-state index contributed by atoms with van der Waals surface area (Å²) in [6.07, 6.45) is 4.50. The molecule has 0 amide bonds. The molecule has 0 spiro atoms. The third-order valence-electron chi connectivity index (χ3n) is 2.14. The van der Waals surface area contributed by atoms with Crippen LogP contribution in [0.1, 0.15) is 17.7 Å². The van der Waals surface area contributed by atoms with Crippen molar-refractivity contribution in [1.29, 1.82) is 0 Å². The van der Waals surface area contributed by atoms with Crippen LogP contribution in [-0.4, -0.2) is 18.1 Å². The maximum Gasteiger partial charge on any atom is 0.185 e. The van der Waals surface area contributed by atoms with Gasteiger partial charge >= 0.3 is 0 Å². The summed E-state index contributed by atoms with van der Waals surface area (Å²) in [5.41, 5.74) is 5.51. The molecule has 0 aliphatic heterocycles. The average molecular weight is 183 g/mol. The number of aromatic nitrogens is 1. The van der Waals surface area contributed by atoms with Gasteiger partial charge in [0.1, 0.15) is 0 Å². The van der Waals surface area contributed by atoms with Gasteiger partial charge in [-0.05, 0) is 12.8 Å². The van der Waals surface area contributed by atoms with Gasteiger partial charge < -0.3 is 10.6 Å². The second-order valence-electron chi connectivity index (χ2n) is 3.16. The van der Waals surface area contributed by atoms with Crippen LogP contribution in [0.15, 0.2) is 6.20 Å². The van der Waals surface area contributed by atoms with Crippen LogP contribution in [0.25, 0.3) is 0 Å². The van der Waals surface area contributed by atoms with E-state index >= 15 is 0 Å². The SMILES string of the molecule is CN(c1ncc(CN)s1)C1CC1. The molecular weight excluding hydrogens is 170 g/mol. The summed E-state index contributed by atoms with van der Waals surface area (Å²) in [6, 6.07) is 0.738. The lowest BCUT2D eigenvalue weighted by atomic mass is 10.6. The van der Waals surface area contributed by atoms with Gasteiger partial charge in [0.25, 0.3) is 0 Å². The van der Waals surface area contributed by atoms with Crippen molar-refractivity contribution in [1.82, 2.24) is 4.98 Å². The lowest BCUT2D eigenvalue weighted by Crippen LogP contribution is -2.18. The molecule has 0 atom stereocenters. The first-order valence-corrected chi connectivity index (χ1v) is 5.00. The van der Waals surface area contributed by atoms with E-state index in [0.29, 0.717) is 6.54 Å². The van der Waals surface area contributed by atoms with Crippen molar-refractivity contribution in [2.45, 2.75) is 25.4 Å². The fourth-order valence-corrected chi connectivity index (χ4v) is 1.99. The molecule has 3 nitrogen and oxygen atoms in total. The normalized spacial score (nSPS) is 16.5. The molecule has 1 heterocycles. The van der Waals surface area contributed by atoms with Gasteiger partial charge in [-0.25, -0.2) is 4.98 Å². The smallest absolute Gasteiger partial charge is 0.185 e. The van der Waals surface area contributed by atoms with Crippen molar-refractivity contribution in [3.8, 4) is 0 Å². The Labute approximate surface area is 76.2 Å². The van der Waals surface area contributed by atoms with Crippen molar-refractivity contribution in [3.05, 3.63) is 11.1 Å². The highest BCUT2D eigenvalue weighted by molar-refractivity contribution is 7.15. The molecule has 12 heavy (non-hydrogen) atoms. The Bertz CT molecular complexity index is 267. The van der Waals surface area contributed by atoms with E-state index in [1.807, 2.05) is 6.20 Å². The van der Waals surface area contributed by atoms with Crippen LogP contribution in [0.2, 0.25) is 0 Å². The lowest BCUT2D eigenvalue weighted by molar-refractivity contribution is 0.908. The first-order valence-electron chi connectivity index (χ1n) is 4.19. The number of nitrogens with zero attached hydrogens (tertiary/aromatic N) is 2. The van der Waals surface area contributed by atoms with E-state index in [2.05, 4.69) is 16.9 Å². The summed E-state index contributed by atoms with van der Waals surface area (Å²) in [5, 5.41) is 1.11. The average Bonchev–Trinajstić information content (AvgIpc) is 2.82. The van der Waals surface area contributed by atoms with Crippen LogP contribution in [0.3, 0.4) is 0 Å². The molecule has 4 heteroatoms. The minimum atomic E-state index is 0.607. The molecule has 1 aliphatic carbocycles. The van der Waals surface area contributed by atoms with E-state index in [9.17, 15) is 0 Å². The molecule has 1 aromatic rings. The van der Waals surface area contributed by atoms with Crippen LogP contribution in [0, 0.1) is 0 Å². The maximum atomic E-state index is 5.51. The predicted octanol–water partition coefficient (Wildman–Crippen LogP) is 1.20. The zero-order chi connectivity index (χ0) is 8.55. The van der Waals surface area contributed by atoms with Crippen LogP contribution >= 0.6 is 11.3 Å². The standard InChI is InChI=1S/C8H13N3S/c1-11(6-2-3-6)8-10-5-7(4-9)12-8/h5-6H,2-4,9H2,1H3. The summed E-state index contributed by atoms with van der Waals surface area (Å²) in [4.78, 5) is 7.73. The molecule has 0 saturated heterocycles. The molecule has 0 aromatic carbocycles. The Morgan fingerprint density at radius 3 is 3.00 bits per heavy atom. The Hall–Kier alpha value is -0.610. The predicted molar refractivity (Wildman–Crippen MR) is 51.4 cm³/mol. The second kappa shape index (κ2) is 3.03. The van der Waals surface area contributed by atoms with Gasteiger partial charge in [0.05, 0.1) is 0 Å². The summed E-state index contributed by atoms with van der Waals surface area (Å²) >= 11 is 1.70. The van der Waals surface area contributed by atoms with Crippen LogP contribution in [0.5, 0.6) is 0 Å². The minimum absolute atomic E-state index is 0.607. The quantitative estimate of drug-likeness (QED) is 0.765. The van der Waals surface area contributed by atoms with E-state index in [-0.39, 0.29) is 0 Å². The Kier molecular flexibility index (Phi) is 2.02. The molecule has 0 bridgehead atoms. The molecule has 0 unspecified atom stereocenters. The molecule has 1 saturated carbocycles. The van der Waals surface area contributed by atoms with Crippen molar-refractivity contribution in [2.24, 2.45) is 5.73 Å². The van der Waals surface area contributed by atoms with Crippen molar-refractivity contribution in [2.75, 3.05) is 11.9 Å². The molecule has 1 aliphatic rings. The second-order valence-corrected chi connectivity index (χ2v) is 4.25. The molecule has 1 aromatic heterocycles. The molecule has 1 fully saturated rings. The highest BCUT2D eigenvalue weighted by Gasteiger charge is 2.27.